The van der Waals surface area contributed by atoms with Crippen LogP contribution in [0.4, 0.5) is 0 Å². The molecule has 0 saturated carbocycles. The van der Waals surface area contributed by atoms with Crippen molar-refractivity contribution in [3.63, 3.8) is 0 Å². The predicted octanol–water partition coefficient (Wildman–Crippen LogP) is -0.482. The third kappa shape index (κ3) is 2.07. The van der Waals surface area contributed by atoms with Gasteiger partial charge in [0.25, 0.3) is 0 Å². The summed E-state index contributed by atoms with van der Waals surface area (Å²) in [7, 11) is 1.51. The molecule has 1 aliphatic heterocycles. The Morgan fingerprint density at radius 3 is 1.60 bits per heavy atom. The van der Waals surface area contributed by atoms with Crippen LogP contribution in [0, 0.1) is 0 Å². The number of carbonyl (C=O) groups excluding carboxylic acids is 2. The zero-order valence-corrected chi connectivity index (χ0v) is 7.30. The minimum atomic E-state index is -0.0602. The standard InChI is InChI=1S/C5H7NO2.BrH.H2O/c1-6-4(7)2-3-5(6)8;;/h2-3H2,1H3;1H;1H2. The van der Waals surface area contributed by atoms with Gasteiger partial charge in [0, 0.05) is 19.9 Å². The summed E-state index contributed by atoms with van der Waals surface area (Å²) in [5, 5.41) is 0. The molecule has 5 heteroatoms. The molecule has 1 fully saturated rings. The Balaban J connectivity index is 0. The maximum absolute atomic E-state index is 10.5. The monoisotopic (exact) mass is 211 g/mol. The summed E-state index contributed by atoms with van der Waals surface area (Å²) >= 11 is 0. The average Bonchev–Trinajstić information content (AvgIpc) is 1.98. The molecule has 1 heterocycles. The van der Waals surface area contributed by atoms with Gasteiger partial charge in [-0.2, -0.15) is 0 Å². The maximum atomic E-state index is 10.5. The van der Waals surface area contributed by atoms with E-state index < -0.39 is 0 Å². The number of likely N-dealkylation sites (tertiary alicyclic amines) is 1. The summed E-state index contributed by atoms with van der Waals surface area (Å²) in [6.45, 7) is 0. The van der Waals surface area contributed by atoms with Gasteiger partial charge in [-0.1, -0.05) is 0 Å². The van der Waals surface area contributed by atoms with Crippen molar-refractivity contribution in [3.05, 3.63) is 0 Å². The van der Waals surface area contributed by atoms with Crippen LogP contribution in [0.1, 0.15) is 12.8 Å². The molecule has 2 amide bonds. The normalized spacial score (nSPS) is 16.3. The third-order valence-corrected chi connectivity index (χ3v) is 1.30. The smallest absolute Gasteiger partial charge is 0.229 e. The molecule has 1 aliphatic rings. The van der Waals surface area contributed by atoms with Crippen LogP contribution in [0.2, 0.25) is 0 Å². The first kappa shape index (κ1) is 12.3. The number of halogens is 1. The van der Waals surface area contributed by atoms with Gasteiger partial charge in [0.2, 0.25) is 11.8 Å². The van der Waals surface area contributed by atoms with Crippen LogP contribution in [0.5, 0.6) is 0 Å². The van der Waals surface area contributed by atoms with Crippen LogP contribution in [0.15, 0.2) is 0 Å². The molecule has 1 saturated heterocycles. The van der Waals surface area contributed by atoms with Gasteiger partial charge in [-0.05, 0) is 0 Å². The maximum Gasteiger partial charge on any atom is 0.229 e. The molecule has 60 valence electrons. The fraction of sp³-hybridized carbons (Fsp3) is 0.600. The number of imide groups is 1. The van der Waals surface area contributed by atoms with Gasteiger partial charge in [-0.3, -0.25) is 14.5 Å². The Morgan fingerprint density at radius 2 is 1.50 bits per heavy atom. The second kappa shape index (κ2) is 4.40. The molecule has 2 N–H and O–H groups in total. The number of nitrogens with zero attached hydrogens (tertiary/aromatic N) is 1. The van der Waals surface area contributed by atoms with Crippen molar-refractivity contribution < 1.29 is 15.1 Å². The second-order valence-corrected chi connectivity index (χ2v) is 1.85. The predicted molar refractivity (Wildman–Crippen MR) is 40.9 cm³/mol. The molecule has 4 nitrogen and oxygen atoms in total. The highest BCUT2D eigenvalue weighted by Crippen LogP contribution is 2.07. The molecule has 0 spiro atoms. The first-order valence-electron chi connectivity index (χ1n) is 2.51. The zero-order chi connectivity index (χ0) is 6.15. The van der Waals surface area contributed by atoms with E-state index in [4.69, 9.17) is 0 Å². The Labute approximate surface area is 69.3 Å². The summed E-state index contributed by atoms with van der Waals surface area (Å²) in [5.74, 6) is -0.120. The Hall–Kier alpha value is -0.420. The van der Waals surface area contributed by atoms with Crippen molar-refractivity contribution in [2.45, 2.75) is 12.8 Å². The van der Waals surface area contributed by atoms with Crippen molar-refractivity contribution in [2.75, 3.05) is 7.05 Å². The summed E-state index contributed by atoms with van der Waals surface area (Å²) in [5.41, 5.74) is 0. The van der Waals surface area contributed by atoms with Crippen LogP contribution in [-0.2, 0) is 9.59 Å². The fourth-order valence-corrected chi connectivity index (χ4v) is 0.688. The minimum Gasteiger partial charge on any atom is -0.412 e. The van der Waals surface area contributed by atoms with Crippen LogP contribution in [0.3, 0.4) is 0 Å². The van der Waals surface area contributed by atoms with E-state index in [-0.39, 0.29) is 34.3 Å². The first-order chi connectivity index (χ1) is 3.72. The lowest BCUT2D eigenvalue weighted by atomic mass is 10.4. The van der Waals surface area contributed by atoms with Gasteiger partial charge >= 0.3 is 0 Å². The highest BCUT2D eigenvalue weighted by Gasteiger charge is 2.24. The van der Waals surface area contributed by atoms with E-state index in [9.17, 15) is 9.59 Å². The molecule has 0 aliphatic carbocycles. The molecule has 0 aromatic heterocycles. The van der Waals surface area contributed by atoms with Crippen LogP contribution < -0.4 is 0 Å². The zero-order valence-electron chi connectivity index (χ0n) is 5.59. The van der Waals surface area contributed by atoms with E-state index in [0.717, 1.165) is 0 Å². The van der Waals surface area contributed by atoms with E-state index >= 15 is 0 Å². The number of hydrogen-bond donors (Lipinski definition) is 0. The summed E-state index contributed by atoms with van der Waals surface area (Å²) < 4.78 is 0. The lowest BCUT2D eigenvalue weighted by Gasteiger charge is -2.01. The molecular formula is C5H10BrNO3. The Kier molecular flexibility index (Phi) is 5.41. The highest BCUT2D eigenvalue weighted by atomic mass is 79.9. The van der Waals surface area contributed by atoms with Gasteiger partial charge in [0.05, 0.1) is 0 Å². The number of hydrogen-bond acceptors (Lipinski definition) is 2. The molecule has 1 rings (SSSR count). The fourth-order valence-electron chi connectivity index (χ4n) is 0.688. The minimum absolute atomic E-state index is 0. The van der Waals surface area contributed by atoms with Crippen molar-refractivity contribution in [3.8, 4) is 0 Å². The van der Waals surface area contributed by atoms with E-state index in [1.54, 1.807) is 0 Å². The number of carbonyl (C=O) groups is 2. The van der Waals surface area contributed by atoms with Gasteiger partial charge in [0.15, 0.2) is 0 Å². The van der Waals surface area contributed by atoms with Crippen LogP contribution >= 0.6 is 17.0 Å². The molecule has 10 heavy (non-hydrogen) atoms. The van der Waals surface area contributed by atoms with E-state index in [2.05, 4.69) is 0 Å². The molecule has 0 unspecified atom stereocenters. The van der Waals surface area contributed by atoms with Crippen LogP contribution in [0.25, 0.3) is 0 Å². The molecule has 0 aromatic rings. The van der Waals surface area contributed by atoms with Crippen molar-refractivity contribution in [1.29, 1.82) is 0 Å². The molecule has 0 aromatic carbocycles. The molecule has 0 atom stereocenters. The lowest BCUT2D eigenvalue weighted by molar-refractivity contribution is -0.136. The van der Waals surface area contributed by atoms with Gasteiger partial charge in [-0.15, -0.1) is 17.0 Å². The number of rotatable bonds is 0. The summed E-state index contributed by atoms with van der Waals surface area (Å²) in [6.07, 6.45) is 0.796. The number of amides is 2. The quantitative estimate of drug-likeness (QED) is 0.509. The van der Waals surface area contributed by atoms with Gasteiger partial charge < -0.3 is 5.48 Å². The van der Waals surface area contributed by atoms with Crippen molar-refractivity contribution in [2.24, 2.45) is 0 Å². The summed E-state index contributed by atoms with van der Waals surface area (Å²) in [4.78, 5) is 22.1. The largest absolute Gasteiger partial charge is 0.412 e. The SMILES string of the molecule is Br.CN1C(=O)CCC1=O.O. The van der Waals surface area contributed by atoms with Gasteiger partial charge in [0.1, 0.15) is 0 Å². The van der Waals surface area contributed by atoms with Gasteiger partial charge in [-0.25, -0.2) is 0 Å². The third-order valence-electron chi connectivity index (χ3n) is 1.30. The van der Waals surface area contributed by atoms with E-state index in [0.29, 0.717) is 12.8 Å². The molecule has 0 bridgehead atoms. The average molecular weight is 212 g/mol. The molecular weight excluding hydrogens is 202 g/mol. The lowest BCUT2D eigenvalue weighted by Crippen LogP contribution is -2.23. The van der Waals surface area contributed by atoms with Crippen molar-refractivity contribution >= 4 is 28.8 Å². The Morgan fingerprint density at radius 1 is 1.20 bits per heavy atom. The van der Waals surface area contributed by atoms with E-state index in [1.165, 1.54) is 11.9 Å². The van der Waals surface area contributed by atoms with E-state index in [1.807, 2.05) is 0 Å². The van der Waals surface area contributed by atoms with Crippen LogP contribution in [-0.4, -0.2) is 29.2 Å². The molecule has 0 radical (unpaired) electrons. The topological polar surface area (TPSA) is 68.9 Å². The first-order valence-corrected chi connectivity index (χ1v) is 2.51. The Bertz CT molecular complexity index is 132. The second-order valence-electron chi connectivity index (χ2n) is 1.85. The highest BCUT2D eigenvalue weighted by molar-refractivity contribution is 8.93. The van der Waals surface area contributed by atoms with Crippen molar-refractivity contribution in [1.82, 2.24) is 4.90 Å². The summed E-state index contributed by atoms with van der Waals surface area (Å²) in [6, 6.07) is 0.